The van der Waals surface area contributed by atoms with E-state index in [0.717, 1.165) is 51.1 Å². The minimum atomic E-state index is 0. The van der Waals surface area contributed by atoms with Gasteiger partial charge in [-0.25, -0.2) is 0 Å². The molecule has 1 atom stereocenters. The maximum absolute atomic E-state index is 11.9. The number of piperidine rings is 1. The summed E-state index contributed by atoms with van der Waals surface area (Å²) in [7, 11) is 0. The summed E-state index contributed by atoms with van der Waals surface area (Å²) in [5.74, 6) is 1.05. The van der Waals surface area contributed by atoms with Crippen molar-refractivity contribution in [1.82, 2.24) is 10.6 Å². The van der Waals surface area contributed by atoms with Gasteiger partial charge in [-0.1, -0.05) is 19.1 Å². The van der Waals surface area contributed by atoms with Crippen LogP contribution in [0, 0.1) is 0 Å². The molecular formula is C17H27ClN2O2. The van der Waals surface area contributed by atoms with Crippen LogP contribution in [-0.4, -0.2) is 31.6 Å². The van der Waals surface area contributed by atoms with Gasteiger partial charge < -0.3 is 15.4 Å². The third-order valence-corrected chi connectivity index (χ3v) is 3.70. The second kappa shape index (κ2) is 10.5. The van der Waals surface area contributed by atoms with E-state index in [1.807, 2.05) is 24.3 Å². The van der Waals surface area contributed by atoms with E-state index in [9.17, 15) is 4.79 Å². The minimum absolute atomic E-state index is 0. The number of rotatable bonds is 7. The average molecular weight is 327 g/mol. The standard InChI is InChI=1S/C17H26N2O2.ClH/c1-2-12-21-16-8-5-14(6-9-16)7-10-17(20)19-15-4-3-11-18-13-15;/h5-6,8-9,15,18H,2-4,7,10-13H2,1H3,(H,19,20);1H/t15-;/m0./s1. The van der Waals surface area contributed by atoms with Gasteiger partial charge in [-0.15, -0.1) is 12.4 Å². The molecule has 0 saturated carbocycles. The summed E-state index contributed by atoms with van der Waals surface area (Å²) in [5, 5.41) is 6.41. The fourth-order valence-electron chi connectivity index (χ4n) is 2.50. The third kappa shape index (κ3) is 6.67. The Bertz CT molecular complexity index is 431. The second-order valence-electron chi connectivity index (χ2n) is 5.60. The third-order valence-electron chi connectivity index (χ3n) is 3.70. The van der Waals surface area contributed by atoms with Gasteiger partial charge in [0.1, 0.15) is 5.75 Å². The maximum Gasteiger partial charge on any atom is 0.220 e. The number of hydrogen-bond acceptors (Lipinski definition) is 3. The Morgan fingerprint density at radius 2 is 2.14 bits per heavy atom. The lowest BCUT2D eigenvalue weighted by atomic mass is 10.1. The summed E-state index contributed by atoms with van der Waals surface area (Å²) in [6.45, 7) is 4.81. The van der Waals surface area contributed by atoms with Crippen LogP contribution in [0.5, 0.6) is 5.75 Å². The Kier molecular flexibility index (Phi) is 8.94. The molecule has 1 aliphatic heterocycles. The molecule has 1 saturated heterocycles. The molecule has 2 rings (SSSR count). The van der Waals surface area contributed by atoms with Crippen LogP contribution in [0.1, 0.15) is 38.2 Å². The summed E-state index contributed by atoms with van der Waals surface area (Å²) < 4.78 is 5.55. The predicted molar refractivity (Wildman–Crippen MR) is 91.8 cm³/mol. The highest BCUT2D eigenvalue weighted by atomic mass is 35.5. The number of aryl methyl sites for hydroxylation is 1. The quantitative estimate of drug-likeness (QED) is 0.810. The molecule has 0 bridgehead atoms. The van der Waals surface area contributed by atoms with Crippen LogP contribution in [0.4, 0.5) is 0 Å². The first-order valence-corrected chi connectivity index (χ1v) is 7.99. The number of amides is 1. The first-order chi connectivity index (χ1) is 10.3. The molecule has 1 aromatic rings. The SMILES string of the molecule is CCCOc1ccc(CCC(=O)N[C@H]2CCCNC2)cc1.Cl. The van der Waals surface area contributed by atoms with E-state index in [1.165, 1.54) is 5.56 Å². The van der Waals surface area contributed by atoms with Gasteiger partial charge in [-0.3, -0.25) is 4.79 Å². The van der Waals surface area contributed by atoms with Crippen molar-refractivity contribution in [2.75, 3.05) is 19.7 Å². The lowest BCUT2D eigenvalue weighted by Gasteiger charge is -2.23. The molecule has 22 heavy (non-hydrogen) atoms. The Labute approximate surface area is 139 Å². The van der Waals surface area contributed by atoms with Crippen LogP contribution in [0.3, 0.4) is 0 Å². The molecule has 1 fully saturated rings. The van der Waals surface area contributed by atoms with Crippen molar-refractivity contribution in [2.45, 2.75) is 45.1 Å². The van der Waals surface area contributed by atoms with E-state index in [-0.39, 0.29) is 18.3 Å². The highest BCUT2D eigenvalue weighted by Gasteiger charge is 2.14. The van der Waals surface area contributed by atoms with E-state index in [0.29, 0.717) is 12.5 Å². The molecule has 1 heterocycles. The number of benzene rings is 1. The van der Waals surface area contributed by atoms with Crippen molar-refractivity contribution < 1.29 is 9.53 Å². The number of halogens is 1. The van der Waals surface area contributed by atoms with E-state index >= 15 is 0 Å². The topological polar surface area (TPSA) is 50.4 Å². The number of ether oxygens (including phenoxy) is 1. The number of nitrogens with one attached hydrogen (secondary N) is 2. The molecule has 5 heteroatoms. The molecule has 0 unspecified atom stereocenters. The molecule has 0 aromatic heterocycles. The highest BCUT2D eigenvalue weighted by Crippen LogP contribution is 2.13. The zero-order valence-electron chi connectivity index (χ0n) is 13.3. The molecule has 0 aliphatic carbocycles. The fourth-order valence-corrected chi connectivity index (χ4v) is 2.50. The zero-order valence-corrected chi connectivity index (χ0v) is 14.1. The van der Waals surface area contributed by atoms with Gasteiger partial charge in [-0.05, 0) is 49.9 Å². The Morgan fingerprint density at radius 3 is 2.77 bits per heavy atom. The minimum Gasteiger partial charge on any atom is -0.494 e. The lowest BCUT2D eigenvalue weighted by molar-refractivity contribution is -0.121. The van der Waals surface area contributed by atoms with Crippen molar-refractivity contribution in [1.29, 1.82) is 0 Å². The number of carbonyl (C=O) groups is 1. The summed E-state index contributed by atoms with van der Waals surface area (Å²) in [6, 6.07) is 8.35. The van der Waals surface area contributed by atoms with Gasteiger partial charge in [0, 0.05) is 19.0 Å². The van der Waals surface area contributed by atoms with Crippen LogP contribution in [0.15, 0.2) is 24.3 Å². The molecular weight excluding hydrogens is 300 g/mol. The van der Waals surface area contributed by atoms with E-state index < -0.39 is 0 Å². The van der Waals surface area contributed by atoms with Crippen LogP contribution >= 0.6 is 12.4 Å². The number of carbonyl (C=O) groups excluding carboxylic acids is 1. The molecule has 1 aromatic carbocycles. The molecule has 1 aliphatic rings. The molecule has 0 radical (unpaired) electrons. The predicted octanol–water partition coefficient (Wildman–Crippen LogP) is 2.70. The normalized spacial score (nSPS) is 17.4. The fraction of sp³-hybridized carbons (Fsp3) is 0.588. The average Bonchev–Trinajstić information content (AvgIpc) is 2.53. The first-order valence-electron chi connectivity index (χ1n) is 7.99. The first kappa shape index (κ1) is 18.8. The summed E-state index contributed by atoms with van der Waals surface area (Å²) in [5.41, 5.74) is 1.18. The van der Waals surface area contributed by atoms with Crippen molar-refractivity contribution in [3.63, 3.8) is 0 Å². The van der Waals surface area contributed by atoms with Gasteiger partial charge in [0.05, 0.1) is 6.61 Å². The van der Waals surface area contributed by atoms with Crippen molar-refractivity contribution in [3.8, 4) is 5.75 Å². The van der Waals surface area contributed by atoms with E-state index in [1.54, 1.807) is 0 Å². The molecule has 4 nitrogen and oxygen atoms in total. The second-order valence-corrected chi connectivity index (χ2v) is 5.60. The Hall–Kier alpha value is -1.26. The van der Waals surface area contributed by atoms with Gasteiger partial charge in [0.2, 0.25) is 5.91 Å². The van der Waals surface area contributed by atoms with Gasteiger partial charge in [-0.2, -0.15) is 0 Å². The van der Waals surface area contributed by atoms with Crippen LogP contribution < -0.4 is 15.4 Å². The summed E-state index contributed by atoms with van der Waals surface area (Å²) >= 11 is 0. The molecule has 2 N–H and O–H groups in total. The van der Waals surface area contributed by atoms with Crippen LogP contribution in [0.2, 0.25) is 0 Å². The monoisotopic (exact) mass is 326 g/mol. The number of hydrogen-bond donors (Lipinski definition) is 2. The Morgan fingerprint density at radius 1 is 1.36 bits per heavy atom. The maximum atomic E-state index is 11.9. The van der Waals surface area contributed by atoms with Gasteiger partial charge in [0.15, 0.2) is 0 Å². The summed E-state index contributed by atoms with van der Waals surface area (Å²) in [6.07, 6.45) is 4.57. The lowest BCUT2D eigenvalue weighted by Crippen LogP contribution is -2.45. The zero-order chi connectivity index (χ0) is 14.9. The highest BCUT2D eigenvalue weighted by molar-refractivity contribution is 5.85. The Balaban J connectivity index is 0.00000242. The molecule has 0 spiro atoms. The van der Waals surface area contributed by atoms with Gasteiger partial charge >= 0.3 is 0 Å². The van der Waals surface area contributed by atoms with Crippen LogP contribution in [0.25, 0.3) is 0 Å². The summed E-state index contributed by atoms with van der Waals surface area (Å²) in [4.78, 5) is 11.9. The smallest absolute Gasteiger partial charge is 0.220 e. The van der Waals surface area contributed by atoms with Crippen molar-refractivity contribution in [2.24, 2.45) is 0 Å². The van der Waals surface area contributed by atoms with Gasteiger partial charge in [0.25, 0.3) is 0 Å². The molecule has 1 amide bonds. The van der Waals surface area contributed by atoms with E-state index in [4.69, 9.17) is 4.74 Å². The van der Waals surface area contributed by atoms with Crippen molar-refractivity contribution >= 4 is 18.3 Å². The van der Waals surface area contributed by atoms with Crippen molar-refractivity contribution in [3.05, 3.63) is 29.8 Å². The molecule has 124 valence electrons. The van der Waals surface area contributed by atoms with E-state index in [2.05, 4.69) is 17.6 Å². The van der Waals surface area contributed by atoms with Crippen LogP contribution in [-0.2, 0) is 11.2 Å². The largest absolute Gasteiger partial charge is 0.494 e.